The topological polar surface area (TPSA) is 92.4 Å². The van der Waals surface area contributed by atoms with E-state index in [1.807, 2.05) is 0 Å². The Labute approximate surface area is 96.4 Å². The minimum absolute atomic E-state index is 0.0553. The second kappa shape index (κ2) is 6.48. The van der Waals surface area contributed by atoms with E-state index in [2.05, 4.69) is 26.1 Å². The fraction of sp³-hybridized carbons (Fsp3) is 0.818. The number of amides is 1. The number of hydrogen-bond acceptors (Lipinski definition) is 3. The third-order valence-corrected chi connectivity index (χ3v) is 1.98. The van der Waals surface area contributed by atoms with Crippen LogP contribution >= 0.6 is 0 Å². The third kappa shape index (κ3) is 9.45. The maximum Gasteiger partial charge on any atom is 0.305 e. The van der Waals surface area contributed by atoms with Gasteiger partial charge < -0.3 is 16.2 Å². The van der Waals surface area contributed by atoms with Gasteiger partial charge in [0.1, 0.15) is 0 Å². The number of carboxylic acids is 1. The summed E-state index contributed by atoms with van der Waals surface area (Å²) in [6.07, 6.45) is 0.955. The molecule has 0 aromatic heterocycles. The molecule has 16 heavy (non-hydrogen) atoms. The predicted octanol–water partition coefficient (Wildman–Crippen LogP) is 0.731. The van der Waals surface area contributed by atoms with Crippen LogP contribution in [0.3, 0.4) is 0 Å². The molecule has 0 radical (unpaired) electrons. The van der Waals surface area contributed by atoms with Gasteiger partial charge in [0, 0.05) is 19.0 Å². The standard InChI is InChI=1S/C11H22N2O3/c1-11(2,3)7-8(12)6-9(14)13-5-4-10(15)16/h8H,4-7,12H2,1-3H3,(H,13,14)(H,15,16). The van der Waals surface area contributed by atoms with Crippen LogP contribution in [0.5, 0.6) is 0 Å². The van der Waals surface area contributed by atoms with Gasteiger partial charge in [-0.25, -0.2) is 0 Å². The number of hydrogen-bond donors (Lipinski definition) is 3. The molecule has 0 rings (SSSR count). The molecule has 0 fully saturated rings. The van der Waals surface area contributed by atoms with Crippen LogP contribution in [-0.4, -0.2) is 29.6 Å². The molecule has 0 aliphatic carbocycles. The zero-order chi connectivity index (χ0) is 12.8. The van der Waals surface area contributed by atoms with Gasteiger partial charge in [-0.2, -0.15) is 0 Å². The Kier molecular flexibility index (Phi) is 6.03. The summed E-state index contributed by atoms with van der Waals surface area (Å²) in [6.45, 7) is 6.36. The average Bonchev–Trinajstić information content (AvgIpc) is 1.98. The zero-order valence-electron chi connectivity index (χ0n) is 10.2. The van der Waals surface area contributed by atoms with E-state index in [9.17, 15) is 9.59 Å². The number of carbonyl (C=O) groups excluding carboxylic acids is 1. The molecule has 0 saturated carbocycles. The molecule has 0 heterocycles. The highest BCUT2D eigenvalue weighted by atomic mass is 16.4. The molecule has 0 saturated heterocycles. The monoisotopic (exact) mass is 230 g/mol. The molecule has 4 N–H and O–H groups in total. The molecule has 5 nitrogen and oxygen atoms in total. The Morgan fingerprint density at radius 1 is 1.38 bits per heavy atom. The van der Waals surface area contributed by atoms with Crippen molar-refractivity contribution in [1.82, 2.24) is 5.32 Å². The van der Waals surface area contributed by atoms with E-state index < -0.39 is 5.97 Å². The molecule has 1 amide bonds. The Morgan fingerprint density at radius 2 is 1.94 bits per heavy atom. The lowest BCUT2D eigenvalue weighted by Gasteiger charge is -2.22. The highest BCUT2D eigenvalue weighted by Crippen LogP contribution is 2.20. The molecule has 0 spiro atoms. The third-order valence-electron chi connectivity index (χ3n) is 1.98. The smallest absolute Gasteiger partial charge is 0.305 e. The second-order valence-electron chi connectivity index (χ2n) is 5.22. The molecule has 1 unspecified atom stereocenters. The zero-order valence-corrected chi connectivity index (χ0v) is 10.2. The van der Waals surface area contributed by atoms with Crippen molar-refractivity contribution < 1.29 is 14.7 Å². The Balaban J connectivity index is 3.74. The van der Waals surface area contributed by atoms with E-state index >= 15 is 0 Å². The highest BCUT2D eigenvalue weighted by molar-refractivity contribution is 5.77. The molecule has 0 aromatic carbocycles. The van der Waals surface area contributed by atoms with Crippen LogP contribution in [0.15, 0.2) is 0 Å². The molecule has 0 aromatic rings. The van der Waals surface area contributed by atoms with Gasteiger partial charge in [0.25, 0.3) is 0 Å². The van der Waals surface area contributed by atoms with Gasteiger partial charge in [0.15, 0.2) is 0 Å². The molecule has 0 aliphatic heterocycles. The molecular formula is C11H22N2O3. The van der Waals surface area contributed by atoms with Crippen molar-refractivity contribution in [1.29, 1.82) is 0 Å². The number of nitrogens with two attached hydrogens (primary N) is 1. The first-order chi connectivity index (χ1) is 7.20. The summed E-state index contributed by atoms with van der Waals surface area (Å²) in [6, 6.07) is -0.176. The number of nitrogens with one attached hydrogen (secondary N) is 1. The average molecular weight is 230 g/mol. The van der Waals surface area contributed by atoms with E-state index in [1.165, 1.54) is 0 Å². The molecule has 5 heteroatoms. The van der Waals surface area contributed by atoms with Crippen molar-refractivity contribution in [3.8, 4) is 0 Å². The summed E-state index contributed by atoms with van der Waals surface area (Å²) in [5.74, 6) is -1.10. The largest absolute Gasteiger partial charge is 0.481 e. The van der Waals surface area contributed by atoms with E-state index in [0.29, 0.717) is 0 Å². The van der Waals surface area contributed by atoms with Gasteiger partial charge in [0.05, 0.1) is 6.42 Å². The quantitative estimate of drug-likeness (QED) is 0.627. The maximum atomic E-state index is 11.3. The normalized spacial score (nSPS) is 13.2. The predicted molar refractivity (Wildman–Crippen MR) is 61.9 cm³/mol. The van der Waals surface area contributed by atoms with Crippen LogP contribution in [0, 0.1) is 5.41 Å². The Hall–Kier alpha value is -1.10. The van der Waals surface area contributed by atoms with Crippen molar-refractivity contribution in [2.24, 2.45) is 11.1 Å². The maximum absolute atomic E-state index is 11.3. The molecular weight excluding hydrogens is 208 g/mol. The number of carboxylic acid groups (broad SMARTS) is 1. The van der Waals surface area contributed by atoms with Gasteiger partial charge in [-0.15, -0.1) is 0 Å². The van der Waals surface area contributed by atoms with Crippen molar-refractivity contribution in [3.05, 3.63) is 0 Å². The van der Waals surface area contributed by atoms with E-state index in [-0.39, 0.29) is 36.8 Å². The first-order valence-electron chi connectivity index (χ1n) is 5.45. The van der Waals surface area contributed by atoms with Crippen LogP contribution in [0.2, 0.25) is 0 Å². The molecule has 1 atom stereocenters. The SMILES string of the molecule is CC(C)(C)CC(N)CC(=O)NCCC(=O)O. The molecule has 0 bridgehead atoms. The number of carbonyl (C=O) groups is 2. The summed E-state index contributed by atoms with van der Waals surface area (Å²) in [5, 5.41) is 10.9. The van der Waals surface area contributed by atoms with Gasteiger partial charge in [0.2, 0.25) is 5.91 Å². The van der Waals surface area contributed by atoms with Gasteiger partial charge in [-0.3, -0.25) is 9.59 Å². The summed E-state index contributed by atoms with van der Waals surface area (Å²) in [5.41, 5.74) is 5.91. The molecule has 0 aliphatic rings. The van der Waals surface area contributed by atoms with Gasteiger partial charge in [-0.05, 0) is 11.8 Å². The van der Waals surface area contributed by atoms with Gasteiger partial charge in [-0.1, -0.05) is 20.8 Å². The summed E-state index contributed by atoms with van der Waals surface area (Å²) < 4.78 is 0. The van der Waals surface area contributed by atoms with E-state index in [1.54, 1.807) is 0 Å². The van der Waals surface area contributed by atoms with Crippen LogP contribution in [0.25, 0.3) is 0 Å². The highest BCUT2D eigenvalue weighted by Gasteiger charge is 2.17. The van der Waals surface area contributed by atoms with E-state index in [0.717, 1.165) is 6.42 Å². The van der Waals surface area contributed by atoms with Gasteiger partial charge >= 0.3 is 5.97 Å². The van der Waals surface area contributed by atoms with Crippen molar-refractivity contribution >= 4 is 11.9 Å². The Bertz CT molecular complexity index is 246. The Morgan fingerprint density at radius 3 is 2.38 bits per heavy atom. The lowest BCUT2D eigenvalue weighted by molar-refractivity contribution is -0.136. The lowest BCUT2D eigenvalue weighted by Crippen LogP contribution is -2.34. The second-order valence-corrected chi connectivity index (χ2v) is 5.22. The summed E-state index contributed by atoms with van der Waals surface area (Å²) >= 11 is 0. The number of rotatable bonds is 6. The number of aliphatic carboxylic acids is 1. The van der Waals surface area contributed by atoms with Crippen molar-refractivity contribution in [3.63, 3.8) is 0 Å². The molecule has 94 valence electrons. The summed E-state index contributed by atoms with van der Waals surface area (Å²) in [7, 11) is 0. The fourth-order valence-electron chi connectivity index (χ4n) is 1.48. The van der Waals surface area contributed by atoms with Crippen molar-refractivity contribution in [2.45, 2.75) is 46.1 Å². The van der Waals surface area contributed by atoms with Crippen LogP contribution < -0.4 is 11.1 Å². The van der Waals surface area contributed by atoms with Crippen molar-refractivity contribution in [2.75, 3.05) is 6.54 Å². The fourth-order valence-corrected chi connectivity index (χ4v) is 1.48. The minimum Gasteiger partial charge on any atom is -0.481 e. The van der Waals surface area contributed by atoms with Crippen LogP contribution in [0.4, 0.5) is 0 Å². The van der Waals surface area contributed by atoms with Crippen LogP contribution in [0.1, 0.15) is 40.0 Å². The minimum atomic E-state index is -0.917. The van der Waals surface area contributed by atoms with Crippen LogP contribution in [-0.2, 0) is 9.59 Å². The first kappa shape index (κ1) is 14.9. The summed E-state index contributed by atoms with van der Waals surface area (Å²) in [4.78, 5) is 21.6. The first-order valence-corrected chi connectivity index (χ1v) is 5.45. The lowest BCUT2D eigenvalue weighted by atomic mass is 9.87. The van der Waals surface area contributed by atoms with E-state index in [4.69, 9.17) is 10.8 Å².